The topological polar surface area (TPSA) is 0 Å². The molecule has 0 N–H and O–H groups in total. The van der Waals surface area contributed by atoms with Gasteiger partial charge in [-0.05, 0) is 0 Å². The molecular weight excluding hydrogens is 817 g/mol. The molecule has 1 rings (SSSR count). The summed E-state index contributed by atoms with van der Waals surface area (Å²) >= 11 is 63.0. The molecule has 228 valence electrons. The molecule has 0 amide bonds. The number of rotatable bonds is 23. The van der Waals surface area contributed by atoms with Crippen molar-refractivity contribution in [1.29, 1.82) is 0 Å². The lowest BCUT2D eigenvalue weighted by atomic mass is 10.2. The molecule has 8 unspecified atom stereocenters. The normalized spacial score (nSPS) is 21.9. The average molecular weight is 858 g/mol. The van der Waals surface area contributed by atoms with Crippen molar-refractivity contribution in [3.63, 3.8) is 0 Å². The minimum Gasteiger partial charge on any atom is -0.178 e. The third kappa shape index (κ3) is 15.9. The maximum Gasteiger partial charge on any atom is 0.0713 e. The van der Waals surface area contributed by atoms with Crippen LogP contribution in [0.2, 0.25) is 0 Å². The summed E-state index contributed by atoms with van der Waals surface area (Å²) in [5.74, 6) is 5.91. The van der Waals surface area contributed by atoms with Crippen LogP contribution in [0.1, 0.15) is 0 Å². The van der Waals surface area contributed by atoms with Crippen molar-refractivity contribution < 1.29 is 0 Å². The molecule has 0 bridgehead atoms. The summed E-state index contributed by atoms with van der Waals surface area (Å²) in [6, 6.07) is 0. The second kappa shape index (κ2) is 26.3. The van der Waals surface area contributed by atoms with Crippen LogP contribution < -0.4 is 0 Å². The van der Waals surface area contributed by atoms with E-state index in [4.69, 9.17) is 50.5 Å². The highest BCUT2D eigenvalue weighted by atomic mass is 32.2. The van der Waals surface area contributed by atoms with Gasteiger partial charge in [-0.1, -0.05) is 0 Å². The summed E-state index contributed by atoms with van der Waals surface area (Å²) < 4.78 is 1.08. The zero-order valence-electron chi connectivity index (χ0n) is 20.6. The quantitative estimate of drug-likeness (QED) is 0.0363. The van der Waals surface area contributed by atoms with Gasteiger partial charge in [0.25, 0.3) is 0 Å². The summed E-state index contributed by atoms with van der Waals surface area (Å²) in [7, 11) is 0. The van der Waals surface area contributed by atoms with E-state index < -0.39 is 0 Å². The third-order valence-corrected chi connectivity index (χ3v) is 23.7. The maximum absolute atomic E-state index is 5.15. The molecule has 0 aromatic rings. The Labute approximate surface area is 321 Å². The first kappa shape index (κ1) is 42.3. The Balaban J connectivity index is 2.93. The lowest BCUT2D eigenvalue weighted by Gasteiger charge is -2.35. The van der Waals surface area contributed by atoms with Crippen molar-refractivity contribution in [2.24, 2.45) is 0 Å². The van der Waals surface area contributed by atoms with Crippen LogP contribution in [0.5, 0.6) is 0 Å². The van der Waals surface area contributed by atoms with E-state index in [2.05, 4.69) is 123 Å². The van der Waals surface area contributed by atoms with Gasteiger partial charge in [-0.2, -0.15) is 126 Å². The van der Waals surface area contributed by atoms with Gasteiger partial charge in [0.15, 0.2) is 0 Å². The maximum atomic E-state index is 5.15. The van der Waals surface area contributed by atoms with Crippen molar-refractivity contribution in [1.82, 2.24) is 0 Å². The molecule has 0 nitrogen and oxygen atoms in total. The minimum absolute atomic E-state index is 0.195. The zero-order valence-corrected chi connectivity index (χ0v) is 36.1. The molecular formula is C20H40S18. The first-order valence-corrected chi connectivity index (χ1v) is 25.8. The highest BCUT2D eigenvalue weighted by molar-refractivity contribution is 8.25. The second-order valence-corrected chi connectivity index (χ2v) is 24.3. The van der Waals surface area contributed by atoms with Crippen LogP contribution in [0.4, 0.5) is 0 Å². The van der Waals surface area contributed by atoms with Crippen molar-refractivity contribution in [2.75, 3.05) is 54.9 Å². The van der Waals surface area contributed by atoms with Crippen molar-refractivity contribution >= 4 is 220 Å². The monoisotopic (exact) mass is 856 g/mol. The Kier molecular flexibility index (Phi) is 29.3. The summed E-state index contributed by atoms with van der Waals surface area (Å²) in [5, 5.41) is 5.27. The number of thiol groups is 10. The SMILES string of the molecule is SCSC(C(S)CS)C(SCS)C(S)CSC(SCC(S)C(SCS)C(SCS)C(S)CS)C1SCCS1. The molecule has 0 radical (unpaired) electrons. The zero-order chi connectivity index (χ0) is 28.5. The van der Waals surface area contributed by atoms with Crippen LogP contribution >= 0.6 is 220 Å². The van der Waals surface area contributed by atoms with Gasteiger partial charge in [-0.15, -0.1) is 94.1 Å². The molecule has 1 heterocycles. The number of thioether (sulfide) groups is 8. The Morgan fingerprint density at radius 1 is 0.500 bits per heavy atom. The predicted octanol–water partition coefficient (Wildman–Crippen LogP) is 8.59. The summed E-state index contributed by atoms with van der Waals surface area (Å²) in [6.07, 6.45) is 0. The summed E-state index contributed by atoms with van der Waals surface area (Å²) in [6.45, 7) is 0. The van der Waals surface area contributed by atoms with Crippen molar-refractivity contribution in [3.05, 3.63) is 0 Å². The Bertz CT molecular complexity index is 528. The fraction of sp³-hybridized carbons (Fsp3) is 1.00. The molecule has 0 saturated carbocycles. The second-order valence-electron chi connectivity index (χ2n) is 7.82. The van der Waals surface area contributed by atoms with E-state index in [1.165, 1.54) is 11.5 Å². The van der Waals surface area contributed by atoms with Gasteiger partial charge in [0.05, 0.1) is 9.16 Å². The van der Waals surface area contributed by atoms with Crippen LogP contribution in [-0.2, 0) is 0 Å². The number of hydrogen-bond donors (Lipinski definition) is 10. The van der Waals surface area contributed by atoms with E-state index >= 15 is 0 Å². The summed E-state index contributed by atoms with van der Waals surface area (Å²) in [4.78, 5) is 0. The molecule has 1 aliphatic heterocycles. The van der Waals surface area contributed by atoms with Gasteiger partial charge in [-0.25, -0.2) is 0 Å². The number of hydrogen-bond acceptors (Lipinski definition) is 18. The third-order valence-electron chi connectivity index (χ3n) is 5.34. The largest absolute Gasteiger partial charge is 0.178 e. The lowest BCUT2D eigenvalue weighted by molar-refractivity contribution is 0.777. The van der Waals surface area contributed by atoms with Gasteiger partial charge in [0.1, 0.15) is 0 Å². The molecule has 0 aliphatic carbocycles. The van der Waals surface area contributed by atoms with Crippen molar-refractivity contribution in [2.45, 2.75) is 51.2 Å². The van der Waals surface area contributed by atoms with E-state index in [0.717, 1.165) is 43.4 Å². The fourth-order valence-corrected chi connectivity index (χ4v) is 20.6. The molecule has 18 heteroatoms. The lowest BCUT2D eigenvalue weighted by Crippen LogP contribution is -2.39. The van der Waals surface area contributed by atoms with Gasteiger partial charge in [0.2, 0.25) is 0 Å². The first-order valence-electron chi connectivity index (χ1n) is 11.6. The van der Waals surface area contributed by atoms with Crippen LogP contribution in [0.15, 0.2) is 0 Å². The molecule has 1 fully saturated rings. The minimum atomic E-state index is 0.195. The van der Waals surface area contributed by atoms with E-state index in [0.29, 0.717) is 30.2 Å². The van der Waals surface area contributed by atoms with Gasteiger partial charge in [-0.3, -0.25) is 0 Å². The van der Waals surface area contributed by atoms with E-state index in [9.17, 15) is 0 Å². The van der Waals surface area contributed by atoms with E-state index in [1.807, 2.05) is 47.0 Å². The highest BCUT2D eigenvalue weighted by Gasteiger charge is 2.36. The van der Waals surface area contributed by atoms with Crippen LogP contribution in [0, 0.1) is 0 Å². The fourth-order valence-electron chi connectivity index (χ4n) is 3.57. The smallest absolute Gasteiger partial charge is 0.0713 e. The highest BCUT2D eigenvalue weighted by Crippen LogP contribution is 2.46. The molecule has 0 aromatic heterocycles. The molecule has 1 saturated heterocycles. The molecule has 1 aliphatic rings. The molecule has 0 spiro atoms. The Morgan fingerprint density at radius 3 is 1.11 bits per heavy atom. The Hall–Kier alpha value is 6.30. The van der Waals surface area contributed by atoms with E-state index in [1.54, 1.807) is 0 Å². The van der Waals surface area contributed by atoms with Gasteiger partial charge in [0, 0.05) is 96.9 Å². The standard InChI is InChI=1S/C20H40S18/c21-3-11(27)15(35-7-23)17(37-9-25)13(29)5-33-20(19-31-1-2-32-19)34-6-14(30)18(38-10-26)16(36-8-24)12(28)4-22/h11-30H,1-10H2. The van der Waals surface area contributed by atoms with Crippen LogP contribution in [0.3, 0.4) is 0 Å². The molecule has 0 aromatic carbocycles. The predicted molar refractivity (Wildman–Crippen MR) is 237 cm³/mol. The van der Waals surface area contributed by atoms with Gasteiger partial charge >= 0.3 is 0 Å². The van der Waals surface area contributed by atoms with Crippen LogP contribution in [-0.4, -0.2) is 106 Å². The average Bonchev–Trinajstić information content (AvgIpc) is 3.46. The molecule has 8 atom stereocenters. The van der Waals surface area contributed by atoms with Crippen molar-refractivity contribution in [3.8, 4) is 0 Å². The first-order chi connectivity index (χ1) is 18.3. The Morgan fingerprint density at radius 2 is 0.816 bits per heavy atom. The van der Waals surface area contributed by atoms with Gasteiger partial charge < -0.3 is 0 Å². The summed E-state index contributed by atoms with van der Waals surface area (Å²) in [5.41, 5.74) is 0. The van der Waals surface area contributed by atoms with E-state index in [-0.39, 0.29) is 21.0 Å². The molecule has 38 heavy (non-hydrogen) atoms. The van der Waals surface area contributed by atoms with Crippen LogP contribution in [0.25, 0.3) is 0 Å².